The second-order valence-electron chi connectivity index (χ2n) is 3.64. The first-order chi connectivity index (χ1) is 8.24. The molecule has 0 atom stereocenters. The largest absolute Gasteiger partial charge is 0.492 e. The van der Waals surface area contributed by atoms with Crippen LogP contribution in [0.25, 0.3) is 0 Å². The Bertz CT molecular complexity index is 467. The number of anilines is 2. The topological polar surface area (TPSA) is 60.2 Å². The molecule has 0 aliphatic heterocycles. The summed E-state index contributed by atoms with van der Waals surface area (Å²) in [6, 6.07) is 7.38. The van der Waals surface area contributed by atoms with Gasteiger partial charge < -0.3 is 15.8 Å². The number of rotatable bonds is 5. The van der Waals surface area contributed by atoms with Crippen LogP contribution in [0.5, 0.6) is 5.75 Å². The molecule has 90 valence electrons. The minimum atomic E-state index is 0.600. The van der Waals surface area contributed by atoms with Gasteiger partial charge in [-0.25, -0.2) is 4.98 Å². The lowest BCUT2D eigenvalue weighted by Crippen LogP contribution is -2.11. The molecule has 0 amide bonds. The smallest absolute Gasteiger partial charge is 0.182 e. The summed E-state index contributed by atoms with van der Waals surface area (Å²) in [6.07, 6.45) is 0. The summed E-state index contributed by atoms with van der Waals surface area (Å²) in [4.78, 5) is 4.30. The number of nitrogens with zero attached hydrogens (tertiary/aromatic N) is 1. The van der Waals surface area contributed by atoms with Gasteiger partial charge in [-0.2, -0.15) is 0 Å². The van der Waals surface area contributed by atoms with E-state index in [9.17, 15) is 0 Å². The lowest BCUT2D eigenvalue weighted by Gasteiger charge is -2.06. The highest BCUT2D eigenvalue weighted by atomic mass is 32.1. The van der Waals surface area contributed by atoms with Crippen molar-refractivity contribution in [1.82, 2.24) is 4.98 Å². The predicted molar refractivity (Wildman–Crippen MR) is 71.7 cm³/mol. The highest BCUT2D eigenvalue weighted by molar-refractivity contribution is 7.13. The average Bonchev–Trinajstić information content (AvgIpc) is 2.73. The Labute approximate surface area is 104 Å². The third kappa shape index (κ3) is 3.64. The van der Waals surface area contributed by atoms with Gasteiger partial charge in [0, 0.05) is 11.1 Å². The van der Waals surface area contributed by atoms with Gasteiger partial charge >= 0.3 is 0 Å². The molecule has 2 aromatic rings. The fourth-order valence-electron chi connectivity index (χ4n) is 1.33. The fourth-order valence-corrected chi connectivity index (χ4v) is 2.04. The molecule has 1 aromatic carbocycles. The lowest BCUT2D eigenvalue weighted by atomic mass is 10.3. The van der Waals surface area contributed by atoms with Crippen LogP contribution in [0, 0.1) is 6.92 Å². The molecule has 0 aliphatic rings. The van der Waals surface area contributed by atoms with Gasteiger partial charge in [0.05, 0.1) is 12.2 Å². The van der Waals surface area contributed by atoms with Crippen LogP contribution in [0.1, 0.15) is 5.69 Å². The zero-order valence-electron chi connectivity index (χ0n) is 9.64. The lowest BCUT2D eigenvalue weighted by molar-refractivity contribution is 0.333. The van der Waals surface area contributed by atoms with Crippen LogP contribution in [0.15, 0.2) is 29.6 Å². The van der Waals surface area contributed by atoms with Gasteiger partial charge in [-0.1, -0.05) is 0 Å². The molecular formula is C12H15N3OS. The van der Waals surface area contributed by atoms with E-state index < -0.39 is 0 Å². The molecule has 0 bridgehead atoms. The third-order valence-corrected chi connectivity index (χ3v) is 3.06. The van der Waals surface area contributed by atoms with Crippen molar-refractivity contribution in [2.24, 2.45) is 0 Å². The number of ether oxygens (including phenoxy) is 1. The van der Waals surface area contributed by atoms with Gasteiger partial charge in [-0.15, -0.1) is 11.3 Å². The van der Waals surface area contributed by atoms with Crippen molar-refractivity contribution in [2.75, 3.05) is 24.2 Å². The molecule has 1 heterocycles. The number of thiazole rings is 1. The summed E-state index contributed by atoms with van der Waals surface area (Å²) in [6.45, 7) is 3.31. The van der Waals surface area contributed by atoms with Gasteiger partial charge in [0.2, 0.25) is 0 Å². The quantitative estimate of drug-likeness (QED) is 0.631. The maximum atomic E-state index is 5.59. The van der Waals surface area contributed by atoms with Gasteiger partial charge in [-0.3, -0.25) is 0 Å². The van der Waals surface area contributed by atoms with Gasteiger partial charge in [0.25, 0.3) is 0 Å². The second-order valence-corrected chi connectivity index (χ2v) is 4.50. The summed E-state index contributed by atoms with van der Waals surface area (Å²) in [5, 5.41) is 6.16. The second kappa shape index (κ2) is 5.54. The Balaban J connectivity index is 1.71. The summed E-state index contributed by atoms with van der Waals surface area (Å²) >= 11 is 1.60. The summed E-state index contributed by atoms with van der Waals surface area (Å²) in [5.41, 5.74) is 7.37. The Morgan fingerprint density at radius 1 is 1.35 bits per heavy atom. The molecule has 0 radical (unpaired) electrons. The van der Waals surface area contributed by atoms with E-state index in [1.165, 1.54) is 0 Å². The Kier molecular flexibility index (Phi) is 3.82. The Morgan fingerprint density at radius 2 is 2.12 bits per heavy atom. The molecule has 0 saturated heterocycles. The standard InChI is InChI=1S/C12H15N3OS/c1-9-8-17-12(15-9)14-6-7-16-11-4-2-10(13)3-5-11/h2-5,8H,6-7,13H2,1H3,(H,14,15). The molecular weight excluding hydrogens is 234 g/mol. The molecule has 0 saturated carbocycles. The molecule has 0 spiro atoms. The molecule has 2 rings (SSSR count). The van der Waals surface area contributed by atoms with Crippen LogP contribution >= 0.6 is 11.3 Å². The highest BCUT2D eigenvalue weighted by Crippen LogP contribution is 2.15. The highest BCUT2D eigenvalue weighted by Gasteiger charge is 1.97. The van der Waals surface area contributed by atoms with Crippen molar-refractivity contribution in [2.45, 2.75) is 6.92 Å². The van der Waals surface area contributed by atoms with Crippen LogP contribution in [0.3, 0.4) is 0 Å². The molecule has 4 nitrogen and oxygen atoms in total. The minimum absolute atomic E-state index is 0.600. The average molecular weight is 249 g/mol. The van der Waals surface area contributed by atoms with Crippen LogP contribution in [0.2, 0.25) is 0 Å². The van der Waals surface area contributed by atoms with E-state index in [1.807, 2.05) is 36.6 Å². The maximum absolute atomic E-state index is 5.59. The molecule has 0 aliphatic carbocycles. The molecule has 0 unspecified atom stereocenters. The number of nitrogens with one attached hydrogen (secondary N) is 1. The fraction of sp³-hybridized carbons (Fsp3) is 0.250. The molecule has 1 aromatic heterocycles. The molecule has 0 fully saturated rings. The van der Waals surface area contributed by atoms with Crippen LogP contribution < -0.4 is 15.8 Å². The number of nitrogen functional groups attached to an aromatic ring is 1. The number of aryl methyl sites for hydroxylation is 1. The van der Waals surface area contributed by atoms with Gasteiger partial charge in [0.15, 0.2) is 5.13 Å². The predicted octanol–water partition coefficient (Wildman–Crippen LogP) is 2.52. The molecule has 3 N–H and O–H groups in total. The first-order valence-corrected chi connectivity index (χ1v) is 6.26. The van der Waals surface area contributed by atoms with Crippen molar-refractivity contribution >= 4 is 22.2 Å². The van der Waals surface area contributed by atoms with Crippen LogP contribution in [-0.2, 0) is 0 Å². The van der Waals surface area contributed by atoms with Crippen LogP contribution in [-0.4, -0.2) is 18.1 Å². The number of nitrogens with two attached hydrogens (primary N) is 1. The van der Waals surface area contributed by atoms with Crippen molar-refractivity contribution in [1.29, 1.82) is 0 Å². The SMILES string of the molecule is Cc1csc(NCCOc2ccc(N)cc2)n1. The molecule has 5 heteroatoms. The van der Waals surface area contributed by atoms with E-state index in [0.717, 1.165) is 28.8 Å². The van der Waals surface area contributed by atoms with E-state index >= 15 is 0 Å². The monoisotopic (exact) mass is 249 g/mol. The van der Waals surface area contributed by atoms with Crippen molar-refractivity contribution in [3.05, 3.63) is 35.3 Å². The third-order valence-electron chi connectivity index (χ3n) is 2.15. The molecule has 17 heavy (non-hydrogen) atoms. The first kappa shape index (κ1) is 11.7. The van der Waals surface area contributed by atoms with E-state index in [-0.39, 0.29) is 0 Å². The first-order valence-electron chi connectivity index (χ1n) is 5.38. The number of hydrogen-bond donors (Lipinski definition) is 2. The summed E-state index contributed by atoms with van der Waals surface area (Å²) in [5.74, 6) is 0.830. The van der Waals surface area contributed by atoms with E-state index in [2.05, 4.69) is 10.3 Å². The van der Waals surface area contributed by atoms with Crippen molar-refractivity contribution in [3.8, 4) is 5.75 Å². The van der Waals surface area contributed by atoms with Gasteiger partial charge in [0.1, 0.15) is 12.4 Å². The number of benzene rings is 1. The van der Waals surface area contributed by atoms with E-state index in [0.29, 0.717) is 6.61 Å². The Hall–Kier alpha value is -1.75. The number of aromatic nitrogens is 1. The normalized spacial score (nSPS) is 10.2. The zero-order valence-corrected chi connectivity index (χ0v) is 10.5. The summed E-state index contributed by atoms with van der Waals surface area (Å²) in [7, 11) is 0. The zero-order chi connectivity index (χ0) is 12.1. The van der Waals surface area contributed by atoms with E-state index in [4.69, 9.17) is 10.5 Å². The number of hydrogen-bond acceptors (Lipinski definition) is 5. The Morgan fingerprint density at radius 3 is 2.76 bits per heavy atom. The van der Waals surface area contributed by atoms with Crippen LogP contribution in [0.4, 0.5) is 10.8 Å². The maximum Gasteiger partial charge on any atom is 0.182 e. The summed E-state index contributed by atoms with van der Waals surface area (Å²) < 4.78 is 5.55. The minimum Gasteiger partial charge on any atom is -0.492 e. The van der Waals surface area contributed by atoms with E-state index in [1.54, 1.807) is 11.3 Å². The van der Waals surface area contributed by atoms with Crippen molar-refractivity contribution in [3.63, 3.8) is 0 Å². The van der Waals surface area contributed by atoms with Gasteiger partial charge in [-0.05, 0) is 31.2 Å². The van der Waals surface area contributed by atoms with Crippen molar-refractivity contribution < 1.29 is 4.74 Å².